The lowest BCUT2D eigenvalue weighted by Gasteiger charge is -2.03. The molecule has 1 aromatic heterocycles. The largest absolute Gasteiger partial charge is 0.461 e. The van der Waals surface area contributed by atoms with Crippen molar-refractivity contribution in [3.8, 4) is 0 Å². The number of benzene rings is 1. The molecule has 19 heavy (non-hydrogen) atoms. The van der Waals surface area contributed by atoms with E-state index in [9.17, 15) is 4.79 Å². The minimum absolute atomic E-state index is 0.139. The Bertz CT molecular complexity index is 502. The average molecular weight is 254 g/mol. The Morgan fingerprint density at radius 2 is 1.74 bits per heavy atom. The number of pyridine rings is 1. The number of hydrogen-bond acceptors (Lipinski definition) is 2. The summed E-state index contributed by atoms with van der Waals surface area (Å²) in [6, 6.07) is 15.7. The van der Waals surface area contributed by atoms with Crippen molar-refractivity contribution < 1.29 is 14.1 Å². The molecule has 0 fully saturated rings. The van der Waals surface area contributed by atoms with Crippen LogP contribution in [0.25, 0.3) is 0 Å². The summed E-state index contributed by atoms with van der Waals surface area (Å²) in [5.41, 5.74) is 1.02. The Hall–Kier alpha value is -2.10. The molecule has 1 aromatic carbocycles. The van der Waals surface area contributed by atoms with E-state index in [2.05, 4.69) is 4.57 Å². The fourth-order valence-electron chi connectivity index (χ4n) is 1.80. The van der Waals surface area contributed by atoms with E-state index in [1.165, 1.54) is 0 Å². The molecule has 2 aromatic rings. The fraction of sp³-hybridized carbons (Fsp3) is 0.200. The van der Waals surface area contributed by atoms with Gasteiger partial charge >= 0.3 is 0 Å². The molecular formula is C15H17BNO2+. The number of carbonyl (C=O) groups is 1. The Morgan fingerprint density at radius 3 is 2.47 bits per heavy atom. The summed E-state index contributed by atoms with van der Waals surface area (Å²) in [6.07, 6.45) is 5.28. The molecule has 1 heterocycles. The van der Waals surface area contributed by atoms with E-state index in [4.69, 9.17) is 4.74 Å². The first-order valence-electron chi connectivity index (χ1n) is 6.48. The van der Waals surface area contributed by atoms with Crippen molar-refractivity contribution in [1.29, 1.82) is 0 Å². The first-order valence-corrected chi connectivity index (χ1v) is 6.48. The maximum Gasteiger partial charge on any atom is 0.298 e. The second-order valence-corrected chi connectivity index (χ2v) is 4.36. The highest BCUT2D eigenvalue weighted by Gasteiger charge is 2.07. The minimum Gasteiger partial charge on any atom is -0.461 e. The zero-order valence-corrected chi connectivity index (χ0v) is 10.9. The van der Waals surface area contributed by atoms with Crippen LogP contribution in [0.2, 0.25) is 6.32 Å². The van der Waals surface area contributed by atoms with Crippen molar-refractivity contribution in [2.45, 2.75) is 19.4 Å². The van der Waals surface area contributed by atoms with Crippen molar-refractivity contribution in [2.24, 2.45) is 0 Å². The number of esters is 1. The van der Waals surface area contributed by atoms with Gasteiger partial charge in [0.25, 0.3) is 5.97 Å². The highest BCUT2D eigenvalue weighted by atomic mass is 16.5. The second kappa shape index (κ2) is 7.36. The standard InChI is InChI=1S/C15H17BNO2/c18-15(19-12-14-7-3-1-4-8-14)11-16-13-17-9-5-2-6-10-17/h1-10,16H,11-13H2/q+1. The number of rotatable bonds is 6. The third kappa shape index (κ3) is 4.96. The Labute approximate surface area is 114 Å². The monoisotopic (exact) mass is 254 g/mol. The number of nitrogens with zero attached hydrogens (tertiary/aromatic N) is 1. The third-order valence-electron chi connectivity index (χ3n) is 2.82. The molecule has 0 aliphatic carbocycles. The van der Waals surface area contributed by atoms with Crippen LogP contribution in [0.15, 0.2) is 60.9 Å². The first-order chi connectivity index (χ1) is 9.34. The molecule has 0 aliphatic heterocycles. The van der Waals surface area contributed by atoms with Gasteiger partial charge < -0.3 is 4.74 Å². The predicted octanol–water partition coefficient (Wildman–Crippen LogP) is 1.53. The summed E-state index contributed by atoms with van der Waals surface area (Å²) in [6.45, 7) is 0.359. The van der Waals surface area contributed by atoms with Gasteiger partial charge in [0.1, 0.15) is 13.1 Å². The molecule has 0 spiro atoms. The highest BCUT2D eigenvalue weighted by molar-refractivity contribution is 6.38. The molecule has 3 nitrogen and oxygen atoms in total. The van der Waals surface area contributed by atoms with Crippen LogP contribution in [0.1, 0.15) is 5.56 Å². The smallest absolute Gasteiger partial charge is 0.298 e. The lowest BCUT2D eigenvalue weighted by molar-refractivity contribution is -0.679. The molecule has 0 N–H and O–H groups in total. The first kappa shape index (κ1) is 13.3. The van der Waals surface area contributed by atoms with E-state index >= 15 is 0 Å². The van der Waals surface area contributed by atoms with Crippen molar-refractivity contribution in [1.82, 2.24) is 0 Å². The third-order valence-corrected chi connectivity index (χ3v) is 2.82. The SMILES string of the molecule is O=C(CBC[n+]1ccccc1)OCc1ccccc1. The average Bonchev–Trinajstić information content (AvgIpc) is 2.47. The van der Waals surface area contributed by atoms with E-state index in [0.717, 1.165) is 19.3 Å². The van der Waals surface area contributed by atoms with Crippen LogP contribution < -0.4 is 4.57 Å². The van der Waals surface area contributed by atoms with E-state index in [0.29, 0.717) is 12.9 Å². The summed E-state index contributed by atoms with van der Waals surface area (Å²) in [4.78, 5) is 11.6. The lowest BCUT2D eigenvalue weighted by atomic mass is 9.74. The van der Waals surface area contributed by atoms with E-state index in [1.54, 1.807) is 0 Å². The summed E-state index contributed by atoms with van der Waals surface area (Å²) < 4.78 is 7.28. The fourth-order valence-corrected chi connectivity index (χ4v) is 1.80. The van der Waals surface area contributed by atoms with Crippen LogP contribution in [0.3, 0.4) is 0 Å². The van der Waals surface area contributed by atoms with Gasteiger partial charge in [-0.25, -0.2) is 4.57 Å². The molecule has 2 rings (SSSR count). The van der Waals surface area contributed by atoms with E-state index in [-0.39, 0.29) is 5.97 Å². The summed E-state index contributed by atoms with van der Waals surface area (Å²) in [5, 5.41) is 0. The molecule has 0 atom stereocenters. The Kier molecular flexibility index (Phi) is 5.17. The van der Waals surface area contributed by atoms with Crippen LogP contribution in [0, 0.1) is 0 Å². The quantitative estimate of drug-likeness (QED) is 0.444. The zero-order valence-electron chi connectivity index (χ0n) is 10.9. The maximum absolute atomic E-state index is 11.6. The highest BCUT2D eigenvalue weighted by Crippen LogP contribution is 2.01. The Balaban J connectivity index is 1.65. The van der Waals surface area contributed by atoms with Crippen LogP contribution in [0.4, 0.5) is 0 Å². The van der Waals surface area contributed by atoms with Gasteiger partial charge in [-0.2, -0.15) is 0 Å². The molecule has 96 valence electrons. The van der Waals surface area contributed by atoms with Crippen molar-refractivity contribution >= 4 is 13.2 Å². The number of ether oxygens (including phenoxy) is 1. The molecule has 0 radical (unpaired) electrons. The normalized spacial score (nSPS) is 9.89. The van der Waals surface area contributed by atoms with Gasteiger partial charge in [-0.1, -0.05) is 36.4 Å². The van der Waals surface area contributed by atoms with E-state index in [1.807, 2.05) is 60.9 Å². The minimum atomic E-state index is -0.139. The predicted molar refractivity (Wildman–Crippen MR) is 74.8 cm³/mol. The Morgan fingerprint density at radius 1 is 1.05 bits per heavy atom. The van der Waals surface area contributed by atoms with Crippen LogP contribution in [-0.4, -0.2) is 13.2 Å². The van der Waals surface area contributed by atoms with Gasteiger partial charge in [0.2, 0.25) is 7.28 Å². The molecular weight excluding hydrogens is 237 g/mol. The number of aromatic nitrogens is 1. The zero-order chi connectivity index (χ0) is 13.3. The van der Waals surface area contributed by atoms with Crippen LogP contribution in [0.5, 0.6) is 0 Å². The molecule has 0 saturated heterocycles. The van der Waals surface area contributed by atoms with Gasteiger partial charge in [-0.15, -0.1) is 0 Å². The molecule has 0 unspecified atom stereocenters. The molecule has 0 aliphatic rings. The van der Waals surface area contributed by atoms with Gasteiger partial charge in [0, 0.05) is 18.5 Å². The molecule has 0 saturated carbocycles. The van der Waals surface area contributed by atoms with Crippen molar-refractivity contribution in [3.05, 3.63) is 66.5 Å². The topological polar surface area (TPSA) is 30.2 Å². The van der Waals surface area contributed by atoms with Crippen molar-refractivity contribution in [3.63, 3.8) is 0 Å². The number of carbonyl (C=O) groups excluding carboxylic acids is 1. The van der Waals surface area contributed by atoms with Gasteiger partial charge in [0.05, 0.1) is 0 Å². The van der Waals surface area contributed by atoms with E-state index < -0.39 is 0 Å². The molecule has 0 bridgehead atoms. The van der Waals surface area contributed by atoms with Crippen molar-refractivity contribution in [2.75, 3.05) is 0 Å². The summed E-state index contributed by atoms with van der Waals surface area (Å²) >= 11 is 0. The molecule has 0 amide bonds. The van der Waals surface area contributed by atoms with Gasteiger partial charge in [0.15, 0.2) is 12.4 Å². The van der Waals surface area contributed by atoms with Crippen LogP contribution >= 0.6 is 0 Å². The summed E-state index contributed by atoms with van der Waals surface area (Å²) in [5.74, 6) is -0.139. The lowest BCUT2D eigenvalue weighted by Crippen LogP contribution is -2.36. The second-order valence-electron chi connectivity index (χ2n) is 4.36. The maximum atomic E-state index is 11.6. The van der Waals surface area contributed by atoms with Crippen LogP contribution in [-0.2, 0) is 22.6 Å². The molecule has 4 heteroatoms. The van der Waals surface area contributed by atoms with Gasteiger partial charge in [-0.05, 0) is 5.56 Å². The summed E-state index contributed by atoms with van der Waals surface area (Å²) in [7, 11) is 0.794. The number of hydrogen-bond donors (Lipinski definition) is 0. The van der Waals surface area contributed by atoms with Gasteiger partial charge in [-0.3, -0.25) is 4.79 Å².